The van der Waals surface area contributed by atoms with Crippen LogP contribution < -0.4 is 15.2 Å². The van der Waals surface area contributed by atoms with Gasteiger partial charge in [0.2, 0.25) is 0 Å². The molecule has 1 aliphatic carbocycles. The van der Waals surface area contributed by atoms with Crippen LogP contribution in [0.3, 0.4) is 0 Å². The lowest BCUT2D eigenvalue weighted by Gasteiger charge is -2.14. The highest BCUT2D eigenvalue weighted by Gasteiger charge is 2.24. The molecule has 0 aromatic heterocycles. The van der Waals surface area contributed by atoms with Crippen LogP contribution in [0.15, 0.2) is 18.2 Å². The maximum atomic E-state index is 6.17. The van der Waals surface area contributed by atoms with Gasteiger partial charge in [-0.15, -0.1) is 12.4 Å². The molecule has 0 bridgehead atoms. The van der Waals surface area contributed by atoms with E-state index in [1.165, 1.54) is 12.8 Å². The van der Waals surface area contributed by atoms with Crippen molar-refractivity contribution < 1.29 is 9.47 Å². The largest absolute Gasteiger partial charge is 0.497 e. The maximum Gasteiger partial charge on any atom is 0.122 e. The van der Waals surface area contributed by atoms with E-state index in [1.807, 2.05) is 18.2 Å². The Bertz CT molecular complexity index is 344. The first-order valence-corrected chi connectivity index (χ1v) is 5.71. The average Bonchev–Trinajstić information content (AvgIpc) is 3.12. The van der Waals surface area contributed by atoms with Gasteiger partial charge in [-0.3, -0.25) is 0 Å². The summed E-state index contributed by atoms with van der Waals surface area (Å²) in [5, 5.41) is 0. The minimum Gasteiger partial charge on any atom is -0.497 e. The Hall–Kier alpha value is -0.930. The summed E-state index contributed by atoms with van der Waals surface area (Å²) in [5.41, 5.74) is 7.27. The Kier molecular flexibility index (Phi) is 5.09. The summed E-state index contributed by atoms with van der Waals surface area (Å²) in [6.07, 6.45) is 3.72. The second-order valence-electron chi connectivity index (χ2n) is 4.43. The molecule has 0 amide bonds. The number of nitrogens with two attached hydrogens (primary N) is 1. The van der Waals surface area contributed by atoms with Crippen molar-refractivity contribution in [2.24, 2.45) is 11.7 Å². The summed E-state index contributed by atoms with van der Waals surface area (Å²) in [6, 6.07) is 5.95. The second kappa shape index (κ2) is 6.12. The van der Waals surface area contributed by atoms with E-state index in [-0.39, 0.29) is 18.4 Å². The SMILES string of the molecule is COc1cc(OC)cc([C@H](N)CC2CC2)c1.Cl. The van der Waals surface area contributed by atoms with Gasteiger partial charge >= 0.3 is 0 Å². The van der Waals surface area contributed by atoms with Gasteiger partial charge in [-0.2, -0.15) is 0 Å². The third-order valence-electron chi connectivity index (χ3n) is 3.09. The topological polar surface area (TPSA) is 44.5 Å². The summed E-state index contributed by atoms with van der Waals surface area (Å²) < 4.78 is 10.5. The van der Waals surface area contributed by atoms with Crippen molar-refractivity contribution in [1.29, 1.82) is 0 Å². The highest BCUT2D eigenvalue weighted by molar-refractivity contribution is 5.85. The molecule has 1 saturated carbocycles. The third kappa shape index (κ3) is 3.79. The lowest BCUT2D eigenvalue weighted by Crippen LogP contribution is -2.11. The Morgan fingerprint density at radius 2 is 1.71 bits per heavy atom. The first-order valence-electron chi connectivity index (χ1n) is 5.71. The molecular weight excluding hydrogens is 238 g/mol. The molecule has 1 fully saturated rings. The van der Waals surface area contributed by atoms with Gasteiger partial charge < -0.3 is 15.2 Å². The molecule has 1 aromatic rings. The summed E-state index contributed by atoms with van der Waals surface area (Å²) >= 11 is 0. The van der Waals surface area contributed by atoms with Gasteiger partial charge in [0.05, 0.1) is 14.2 Å². The first-order chi connectivity index (χ1) is 7.72. The Morgan fingerprint density at radius 1 is 1.18 bits per heavy atom. The van der Waals surface area contributed by atoms with Gasteiger partial charge in [-0.25, -0.2) is 0 Å². The highest BCUT2D eigenvalue weighted by atomic mass is 35.5. The van der Waals surface area contributed by atoms with E-state index in [0.29, 0.717) is 0 Å². The molecule has 3 nitrogen and oxygen atoms in total. The third-order valence-corrected chi connectivity index (χ3v) is 3.09. The molecule has 1 aromatic carbocycles. The lowest BCUT2D eigenvalue weighted by molar-refractivity contribution is 0.392. The van der Waals surface area contributed by atoms with Crippen LogP contribution in [0.4, 0.5) is 0 Å². The minimum absolute atomic E-state index is 0. The van der Waals surface area contributed by atoms with E-state index in [4.69, 9.17) is 15.2 Å². The second-order valence-corrected chi connectivity index (χ2v) is 4.43. The summed E-state index contributed by atoms with van der Waals surface area (Å²) in [7, 11) is 3.32. The van der Waals surface area contributed by atoms with E-state index in [1.54, 1.807) is 14.2 Å². The number of benzene rings is 1. The number of halogens is 1. The average molecular weight is 258 g/mol. The Labute approximate surface area is 109 Å². The summed E-state index contributed by atoms with van der Waals surface area (Å²) in [5.74, 6) is 2.44. The van der Waals surface area contributed by atoms with Crippen molar-refractivity contribution >= 4 is 12.4 Å². The minimum atomic E-state index is 0. The zero-order chi connectivity index (χ0) is 11.5. The molecule has 0 spiro atoms. The van der Waals surface area contributed by atoms with Gasteiger partial charge in [-0.05, 0) is 30.0 Å². The van der Waals surface area contributed by atoms with Crippen LogP contribution in [0.2, 0.25) is 0 Å². The number of methoxy groups -OCH3 is 2. The van der Waals surface area contributed by atoms with Crippen molar-refractivity contribution in [1.82, 2.24) is 0 Å². The van der Waals surface area contributed by atoms with Crippen molar-refractivity contribution in [3.63, 3.8) is 0 Å². The smallest absolute Gasteiger partial charge is 0.122 e. The Morgan fingerprint density at radius 3 is 2.12 bits per heavy atom. The van der Waals surface area contributed by atoms with Crippen LogP contribution in [-0.2, 0) is 0 Å². The molecule has 4 heteroatoms. The number of hydrogen-bond donors (Lipinski definition) is 1. The number of rotatable bonds is 5. The van der Waals surface area contributed by atoms with E-state index in [0.717, 1.165) is 29.4 Å². The molecular formula is C13H20ClNO2. The number of ether oxygens (including phenoxy) is 2. The van der Waals surface area contributed by atoms with Gasteiger partial charge in [0.25, 0.3) is 0 Å². The zero-order valence-electron chi connectivity index (χ0n) is 10.3. The predicted octanol–water partition coefficient (Wildman–Crippen LogP) is 2.93. The molecule has 0 saturated heterocycles. The van der Waals surface area contributed by atoms with E-state index in [2.05, 4.69) is 0 Å². The summed E-state index contributed by atoms with van der Waals surface area (Å²) in [6.45, 7) is 0. The van der Waals surface area contributed by atoms with E-state index >= 15 is 0 Å². The fraction of sp³-hybridized carbons (Fsp3) is 0.538. The van der Waals surface area contributed by atoms with Crippen molar-refractivity contribution in [3.8, 4) is 11.5 Å². The van der Waals surface area contributed by atoms with Crippen LogP contribution in [0.5, 0.6) is 11.5 Å². The maximum absolute atomic E-state index is 6.17. The number of hydrogen-bond acceptors (Lipinski definition) is 3. The molecule has 96 valence electrons. The quantitative estimate of drug-likeness (QED) is 0.882. The molecule has 17 heavy (non-hydrogen) atoms. The molecule has 0 unspecified atom stereocenters. The Balaban J connectivity index is 0.00000144. The van der Waals surface area contributed by atoms with Crippen LogP contribution in [0.1, 0.15) is 30.9 Å². The molecule has 2 N–H and O–H groups in total. The van der Waals surface area contributed by atoms with E-state index in [9.17, 15) is 0 Å². The molecule has 1 aliphatic rings. The molecule has 1 atom stereocenters. The van der Waals surface area contributed by atoms with Crippen LogP contribution in [0, 0.1) is 5.92 Å². The zero-order valence-corrected chi connectivity index (χ0v) is 11.1. The van der Waals surface area contributed by atoms with E-state index < -0.39 is 0 Å². The lowest BCUT2D eigenvalue weighted by atomic mass is 10.0. The monoisotopic (exact) mass is 257 g/mol. The normalized spacial score (nSPS) is 15.9. The van der Waals surface area contributed by atoms with Crippen LogP contribution >= 0.6 is 12.4 Å². The standard InChI is InChI=1S/C13H19NO2.ClH/c1-15-11-6-10(7-12(8-11)16-2)13(14)5-9-3-4-9;/h6-9,13H,3-5,14H2,1-2H3;1H/t13-;/m1./s1. The van der Waals surface area contributed by atoms with Crippen molar-refractivity contribution in [2.75, 3.05) is 14.2 Å². The fourth-order valence-corrected chi connectivity index (χ4v) is 1.89. The van der Waals surface area contributed by atoms with Gasteiger partial charge in [0.1, 0.15) is 11.5 Å². The van der Waals surface area contributed by atoms with Crippen molar-refractivity contribution in [3.05, 3.63) is 23.8 Å². The van der Waals surface area contributed by atoms with Crippen molar-refractivity contribution in [2.45, 2.75) is 25.3 Å². The van der Waals surface area contributed by atoms with Gasteiger partial charge in [0, 0.05) is 12.1 Å². The molecule has 0 heterocycles. The molecule has 0 radical (unpaired) electrons. The van der Waals surface area contributed by atoms with Gasteiger partial charge in [-0.1, -0.05) is 12.8 Å². The van der Waals surface area contributed by atoms with Crippen LogP contribution in [-0.4, -0.2) is 14.2 Å². The first kappa shape index (κ1) is 14.1. The molecule has 0 aliphatic heterocycles. The predicted molar refractivity (Wildman–Crippen MR) is 71.1 cm³/mol. The van der Waals surface area contributed by atoms with Crippen LogP contribution in [0.25, 0.3) is 0 Å². The van der Waals surface area contributed by atoms with Gasteiger partial charge in [0.15, 0.2) is 0 Å². The molecule has 2 rings (SSSR count). The fourth-order valence-electron chi connectivity index (χ4n) is 1.89. The highest BCUT2D eigenvalue weighted by Crippen LogP contribution is 2.38. The summed E-state index contributed by atoms with van der Waals surface area (Å²) in [4.78, 5) is 0.